The second-order valence-corrected chi connectivity index (χ2v) is 4.47. The molecule has 6 nitrogen and oxygen atoms in total. The maximum Gasteiger partial charge on any atom is 0.295 e. The van der Waals surface area contributed by atoms with Gasteiger partial charge in [-0.2, -0.15) is 0 Å². The van der Waals surface area contributed by atoms with Gasteiger partial charge in [-0.3, -0.25) is 15.1 Å². The van der Waals surface area contributed by atoms with E-state index in [1.165, 1.54) is 6.07 Å². The lowest BCUT2D eigenvalue weighted by Gasteiger charge is -2.17. The fourth-order valence-corrected chi connectivity index (χ4v) is 1.93. The highest BCUT2D eigenvalue weighted by Crippen LogP contribution is 2.26. The number of nitro benzene ring substituents is 1. The minimum atomic E-state index is -0.683. The number of nitrogens with one attached hydrogen (secondary N) is 1. The van der Waals surface area contributed by atoms with Gasteiger partial charge in [0, 0.05) is 18.3 Å². The van der Waals surface area contributed by atoms with Gasteiger partial charge in [0.25, 0.3) is 5.69 Å². The quantitative estimate of drug-likeness (QED) is 0.629. The molecule has 0 saturated heterocycles. The molecule has 1 aromatic carbocycles. The molecule has 2 aromatic rings. The Labute approximate surface area is 120 Å². The fraction of sp³-hybridized carbons (Fsp3) is 0.214. The third-order valence-electron chi connectivity index (χ3n) is 2.92. The number of nitro groups is 1. The Hall–Kier alpha value is -2.54. The Kier molecular flexibility index (Phi) is 4.78. The van der Waals surface area contributed by atoms with Crippen LogP contribution in [0.25, 0.3) is 0 Å². The minimum absolute atomic E-state index is 0.163. The average molecular weight is 291 g/mol. The van der Waals surface area contributed by atoms with E-state index in [-0.39, 0.29) is 18.0 Å². The molecule has 1 aromatic heterocycles. The molecule has 0 bridgehead atoms. The number of nitrogens with zero attached hydrogens (tertiary/aromatic N) is 2. The lowest BCUT2D eigenvalue weighted by Crippen LogP contribution is -2.27. The molecule has 110 valence electrons. The second kappa shape index (κ2) is 6.76. The maximum atomic E-state index is 13.1. The summed E-state index contributed by atoms with van der Waals surface area (Å²) in [5.41, 5.74) is 0.541. The summed E-state index contributed by atoms with van der Waals surface area (Å²) in [7, 11) is 0. The average Bonchev–Trinajstić information content (AvgIpc) is 2.49. The summed E-state index contributed by atoms with van der Waals surface area (Å²) in [6.45, 7) is -0.231. The van der Waals surface area contributed by atoms with Crippen molar-refractivity contribution in [3.63, 3.8) is 0 Å². The second-order valence-electron chi connectivity index (χ2n) is 4.47. The van der Waals surface area contributed by atoms with Gasteiger partial charge in [0.05, 0.1) is 23.6 Å². The van der Waals surface area contributed by atoms with Gasteiger partial charge in [0.2, 0.25) is 0 Å². The van der Waals surface area contributed by atoms with E-state index in [9.17, 15) is 19.6 Å². The van der Waals surface area contributed by atoms with E-state index in [4.69, 9.17) is 0 Å². The van der Waals surface area contributed by atoms with Crippen LogP contribution in [-0.2, 0) is 6.42 Å². The Morgan fingerprint density at radius 1 is 1.38 bits per heavy atom. The van der Waals surface area contributed by atoms with E-state index in [1.807, 2.05) is 6.07 Å². The third-order valence-corrected chi connectivity index (χ3v) is 2.92. The molecule has 0 aliphatic carbocycles. The number of rotatable bonds is 6. The van der Waals surface area contributed by atoms with Crippen molar-refractivity contribution in [1.82, 2.24) is 4.98 Å². The molecule has 2 N–H and O–H groups in total. The summed E-state index contributed by atoms with van der Waals surface area (Å²) in [6.07, 6.45) is 2.02. The normalized spacial score (nSPS) is 11.9. The molecule has 0 amide bonds. The van der Waals surface area contributed by atoms with Gasteiger partial charge in [0.1, 0.15) is 11.5 Å². The van der Waals surface area contributed by atoms with Crippen LogP contribution in [0.4, 0.5) is 15.8 Å². The first-order chi connectivity index (χ1) is 10.1. The fourth-order valence-electron chi connectivity index (χ4n) is 1.93. The molecule has 0 fully saturated rings. The third kappa shape index (κ3) is 3.96. The number of hydrogen-bond acceptors (Lipinski definition) is 5. The Morgan fingerprint density at radius 2 is 2.19 bits per heavy atom. The molecule has 0 aliphatic rings. The number of halogens is 1. The van der Waals surface area contributed by atoms with Crippen molar-refractivity contribution < 1.29 is 14.4 Å². The van der Waals surface area contributed by atoms with Crippen LogP contribution < -0.4 is 5.32 Å². The van der Waals surface area contributed by atoms with Crippen LogP contribution in [0.2, 0.25) is 0 Å². The number of anilines is 1. The number of aliphatic hydroxyl groups excluding tert-OH is 1. The lowest BCUT2D eigenvalue weighted by molar-refractivity contribution is -0.384. The van der Waals surface area contributed by atoms with Gasteiger partial charge in [-0.05, 0) is 24.3 Å². The van der Waals surface area contributed by atoms with E-state index in [0.29, 0.717) is 6.42 Å². The molecule has 21 heavy (non-hydrogen) atoms. The van der Waals surface area contributed by atoms with Gasteiger partial charge < -0.3 is 10.4 Å². The van der Waals surface area contributed by atoms with Crippen molar-refractivity contribution in [1.29, 1.82) is 0 Å². The maximum absolute atomic E-state index is 13.1. The largest absolute Gasteiger partial charge is 0.394 e. The molecule has 7 heteroatoms. The van der Waals surface area contributed by atoms with Crippen LogP contribution in [0.5, 0.6) is 0 Å². The molecule has 1 atom stereocenters. The molecular formula is C14H14FN3O3. The highest BCUT2D eigenvalue weighted by molar-refractivity contribution is 5.61. The first-order valence-corrected chi connectivity index (χ1v) is 6.31. The van der Waals surface area contributed by atoms with Gasteiger partial charge in [-0.25, -0.2) is 4.39 Å². The monoisotopic (exact) mass is 291 g/mol. The molecule has 0 unspecified atom stereocenters. The summed E-state index contributed by atoms with van der Waals surface area (Å²) in [6, 6.07) is 8.19. The number of pyridine rings is 1. The molecule has 0 spiro atoms. The van der Waals surface area contributed by atoms with Crippen LogP contribution in [-0.4, -0.2) is 27.7 Å². The topological polar surface area (TPSA) is 88.3 Å². The molecule has 0 radical (unpaired) electrons. The van der Waals surface area contributed by atoms with Crippen molar-refractivity contribution in [2.75, 3.05) is 11.9 Å². The van der Waals surface area contributed by atoms with Crippen LogP contribution in [0.3, 0.4) is 0 Å². The van der Waals surface area contributed by atoms with Crippen LogP contribution >= 0.6 is 0 Å². The SMILES string of the molecule is O=[N+]([O-])c1cc(F)ccc1N[C@@H](CO)Cc1ccccn1. The van der Waals surface area contributed by atoms with Gasteiger partial charge in [0.15, 0.2) is 0 Å². The van der Waals surface area contributed by atoms with Crippen LogP contribution in [0.15, 0.2) is 42.6 Å². The van der Waals surface area contributed by atoms with Crippen molar-refractivity contribution >= 4 is 11.4 Å². The molecule has 2 rings (SSSR count). The number of aliphatic hydroxyl groups is 1. The molecule has 0 saturated carbocycles. The van der Waals surface area contributed by atoms with E-state index in [0.717, 1.165) is 17.8 Å². The zero-order valence-electron chi connectivity index (χ0n) is 11.1. The zero-order chi connectivity index (χ0) is 15.2. The number of aromatic nitrogens is 1. The van der Waals surface area contributed by atoms with Crippen LogP contribution in [0, 0.1) is 15.9 Å². The van der Waals surface area contributed by atoms with Gasteiger partial charge in [-0.1, -0.05) is 6.07 Å². The zero-order valence-corrected chi connectivity index (χ0v) is 11.1. The van der Waals surface area contributed by atoms with E-state index < -0.39 is 16.8 Å². The summed E-state index contributed by atoms with van der Waals surface area (Å²) in [5.74, 6) is -0.683. The molecular weight excluding hydrogens is 277 g/mol. The predicted molar refractivity (Wildman–Crippen MR) is 75.5 cm³/mol. The number of benzene rings is 1. The van der Waals surface area contributed by atoms with Crippen molar-refractivity contribution in [3.8, 4) is 0 Å². The highest BCUT2D eigenvalue weighted by atomic mass is 19.1. The molecule has 1 heterocycles. The summed E-state index contributed by atoms with van der Waals surface area (Å²) in [5, 5.41) is 23.2. The van der Waals surface area contributed by atoms with E-state index in [1.54, 1.807) is 18.3 Å². The standard InChI is InChI=1S/C14H14FN3O3/c15-10-4-5-13(14(7-10)18(20)21)17-12(9-19)8-11-3-1-2-6-16-11/h1-7,12,17,19H,8-9H2/t12-/m1/s1. The van der Waals surface area contributed by atoms with Crippen molar-refractivity contribution in [2.45, 2.75) is 12.5 Å². The first kappa shape index (κ1) is 14.9. The predicted octanol–water partition coefficient (Wildman–Crippen LogP) is 2.14. The smallest absolute Gasteiger partial charge is 0.295 e. The Balaban J connectivity index is 2.17. The summed E-state index contributed by atoms with van der Waals surface area (Å²) < 4.78 is 13.1. The summed E-state index contributed by atoms with van der Waals surface area (Å²) in [4.78, 5) is 14.4. The molecule has 0 aliphatic heterocycles. The van der Waals surface area contributed by atoms with Crippen molar-refractivity contribution in [3.05, 3.63) is 64.2 Å². The van der Waals surface area contributed by atoms with Crippen LogP contribution in [0.1, 0.15) is 5.69 Å². The minimum Gasteiger partial charge on any atom is -0.394 e. The van der Waals surface area contributed by atoms with Gasteiger partial charge >= 0.3 is 0 Å². The van der Waals surface area contributed by atoms with Crippen molar-refractivity contribution in [2.24, 2.45) is 0 Å². The van der Waals surface area contributed by atoms with E-state index in [2.05, 4.69) is 10.3 Å². The number of hydrogen-bond donors (Lipinski definition) is 2. The lowest BCUT2D eigenvalue weighted by atomic mass is 10.1. The summed E-state index contributed by atoms with van der Waals surface area (Å²) >= 11 is 0. The first-order valence-electron chi connectivity index (χ1n) is 6.31. The Bertz CT molecular complexity index is 622. The Morgan fingerprint density at radius 3 is 2.81 bits per heavy atom. The van der Waals surface area contributed by atoms with Gasteiger partial charge in [-0.15, -0.1) is 0 Å². The van der Waals surface area contributed by atoms with E-state index >= 15 is 0 Å². The highest BCUT2D eigenvalue weighted by Gasteiger charge is 2.18.